The van der Waals surface area contributed by atoms with Crippen LogP contribution in [0.4, 0.5) is 0 Å². The standard InChI is InChI=1S/C12H18ClNO3S/c1-10(7-8-13)9-14-18(15,16)12-5-3-11(17-2)4-6-12/h3-6,10,14H,7-9H2,1-2H3. The topological polar surface area (TPSA) is 55.4 Å². The smallest absolute Gasteiger partial charge is 0.240 e. The summed E-state index contributed by atoms with van der Waals surface area (Å²) in [5.41, 5.74) is 0. The van der Waals surface area contributed by atoms with Crippen molar-refractivity contribution in [3.63, 3.8) is 0 Å². The summed E-state index contributed by atoms with van der Waals surface area (Å²) in [6.45, 7) is 2.35. The van der Waals surface area contributed by atoms with E-state index < -0.39 is 10.0 Å². The van der Waals surface area contributed by atoms with Crippen LogP contribution in [0.2, 0.25) is 0 Å². The third-order valence-electron chi connectivity index (χ3n) is 2.59. The molecule has 0 fully saturated rings. The van der Waals surface area contributed by atoms with E-state index in [0.29, 0.717) is 18.2 Å². The van der Waals surface area contributed by atoms with Gasteiger partial charge in [-0.05, 0) is 36.6 Å². The third-order valence-corrected chi connectivity index (χ3v) is 4.25. The van der Waals surface area contributed by atoms with Crippen LogP contribution in [-0.4, -0.2) is 28.0 Å². The molecule has 0 aromatic heterocycles. The third kappa shape index (κ3) is 4.48. The Hall–Kier alpha value is -0.780. The second kappa shape index (κ2) is 6.97. The fraction of sp³-hybridized carbons (Fsp3) is 0.500. The molecular weight excluding hydrogens is 274 g/mol. The summed E-state index contributed by atoms with van der Waals surface area (Å²) in [5, 5.41) is 0. The molecule has 0 aliphatic rings. The van der Waals surface area contributed by atoms with E-state index in [9.17, 15) is 8.42 Å². The number of halogens is 1. The van der Waals surface area contributed by atoms with Crippen molar-refractivity contribution >= 4 is 21.6 Å². The minimum absolute atomic E-state index is 0.218. The van der Waals surface area contributed by atoms with E-state index in [0.717, 1.165) is 6.42 Å². The van der Waals surface area contributed by atoms with Gasteiger partial charge in [0.15, 0.2) is 0 Å². The van der Waals surface area contributed by atoms with Crippen LogP contribution in [-0.2, 0) is 10.0 Å². The molecule has 1 unspecified atom stereocenters. The first-order chi connectivity index (χ1) is 8.49. The maximum absolute atomic E-state index is 12.0. The summed E-state index contributed by atoms with van der Waals surface area (Å²) in [6, 6.07) is 6.29. The predicted octanol–water partition coefficient (Wildman–Crippen LogP) is 2.24. The molecule has 18 heavy (non-hydrogen) atoms. The lowest BCUT2D eigenvalue weighted by atomic mass is 10.1. The number of benzene rings is 1. The van der Waals surface area contributed by atoms with Crippen LogP contribution >= 0.6 is 11.6 Å². The van der Waals surface area contributed by atoms with Crippen LogP contribution in [0.1, 0.15) is 13.3 Å². The second-order valence-electron chi connectivity index (χ2n) is 4.11. The molecule has 102 valence electrons. The number of hydrogen-bond acceptors (Lipinski definition) is 3. The SMILES string of the molecule is COc1ccc(S(=O)(=O)NCC(C)CCCl)cc1. The summed E-state index contributed by atoms with van der Waals surface area (Å²) in [7, 11) is -1.91. The Balaban J connectivity index is 2.67. The normalized spacial score (nSPS) is 13.3. The molecule has 0 bridgehead atoms. The minimum atomic E-state index is -3.45. The van der Waals surface area contributed by atoms with Gasteiger partial charge in [0.2, 0.25) is 10.0 Å². The molecule has 1 aromatic carbocycles. The largest absolute Gasteiger partial charge is 0.497 e. The van der Waals surface area contributed by atoms with E-state index in [1.165, 1.54) is 19.2 Å². The van der Waals surface area contributed by atoms with E-state index in [2.05, 4.69) is 4.72 Å². The quantitative estimate of drug-likeness (QED) is 0.784. The van der Waals surface area contributed by atoms with Crippen LogP contribution in [0.25, 0.3) is 0 Å². The molecule has 0 aliphatic carbocycles. The Labute approximate surface area is 113 Å². The first-order valence-corrected chi connectivity index (χ1v) is 7.71. The zero-order valence-electron chi connectivity index (χ0n) is 10.5. The summed E-state index contributed by atoms with van der Waals surface area (Å²) < 4.78 is 31.5. The predicted molar refractivity (Wildman–Crippen MR) is 72.7 cm³/mol. The van der Waals surface area contributed by atoms with Gasteiger partial charge in [0.25, 0.3) is 0 Å². The molecule has 0 aliphatic heterocycles. The highest BCUT2D eigenvalue weighted by atomic mass is 35.5. The summed E-state index contributed by atoms with van der Waals surface area (Å²) in [4.78, 5) is 0.237. The van der Waals surface area contributed by atoms with Crippen molar-refractivity contribution in [3.05, 3.63) is 24.3 Å². The molecule has 0 spiro atoms. The zero-order valence-corrected chi connectivity index (χ0v) is 12.1. The Morgan fingerprint density at radius 3 is 2.44 bits per heavy atom. The van der Waals surface area contributed by atoms with Gasteiger partial charge in [0.05, 0.1) is 12.0 Å². The molecule has 1 aromatic rings. The maximum atomic E-state index is 12.0. The Bertz CT molecular complexity index is 459. The van der Waals surface area contributed by atoms with Crippen molar-refractivity contribution in [1.82, 2.24) is 4.72 Å². The van der Waals surface area contributed by atoms with Crippen LogP contribution in [0.3, 0.4) is 0 Å². The van der Waals surface area contributed by atoms with Crippen molar-refractivity contribution in [2.24, 2.45) is 5.92 Å². The van der Waals surface area contributed by atoms with Gasteiger partial charge < -0.3 is 4.74 Å². The lowest BCUT2D eigenvalue weighted by molar-refractivity contribution is 0.414. The first kappa shape index (κ1) is 15.3. The second-order valence-corrected chi connectivity index (χ2v) is 6.26. The highest BCUT2D eigenvalue weighted by Crippen LogP contribution is 2.15. The molecule has 1 N–H and O–H groups in total. The number of hydrogen-bond donors (Lipinski definition) is 1. The van der Waals surface area contributed by atoms with Crippen LogP contribution in [0, 0.1) is 5.92 Å². The molecule has 6 heteroatoms. The van der Waals surface area contributed by atoms with Gasteiger partial charge in [-0.15, -0.1) is 11.6 Å². The average Bonchev–Trinajstić information content (AvgIpc) is 2.37. The van der Waals surface area contributed by atoms with Crippen LogP contribution in [0.5, 0.6) is 5.75 Å². The minimum Gasteiger partial charge on any atom is -0.497 e. The zero-order chi connectivity index (χ0) is 13.6. The van der Waals surface area contributed by atoms with Crippen molar-refractivity contribution < 1.29 is 13.2 Å². The average molecular weight is 292 g/mol. The van der Waals surface area contributed by atoms with Crippen LogP contribution < -0.4 is 9.46 Å². The maximum Gasteiger partial charge on any atom is 0.240 e. The van der Waals surface area contributed by atoms with E-state index in [1.807, 2.05) is 6.92 Å². The highest BCUT2D eigenvalue weighted by Gasteiger charge is 2.14. The van der Waals surface area contributed by atoms with E-state index in [4.69, 9.17) is 16.3 Å². The highest BCUT2D eigenvalue weighted by molar-refractivity contribution is 7.89. The Kier molecular flexibility index (Phi) is 5.91. The van der Waals surface area contributed by atoms with Gasteiger partial charge in [-0.2, -0.15) is 0 Å². The van der Waals surface area contributed by atoms with Gasteiger partial charge in [-0.3, -0.25) is 0 Å². The van der Waals surface area contributed by atoms with Crippen LogP contribution in [0.15, 0.2) is 29.2 Å². The van der Waals surface area contributed by atoms with Gasteiger partial charge >= 0.3 is 0 Å². The monoisotopic (exact) mass is 291 g/mol. The van der Waals surface area contributed by atoms with Gasteiger partial charge in [-0.25, -0.2) is 13.1 Å². The summed E-state index contributed by atoms with van der Waals surface area (Å²) >= 11 is 5.61. The molecular formula is C12H18ClNO3S. The Morgan fingerprint density at radius 1 is 1.33 bits per heavy atom. The van der Waals surface area contributed by atoms with Crippen molar-refractivity contribution in [1.29, 1.82) is 0 Å². The lowest BCUT2D eigenvalue weighted by Gasteiger charge is -2.11. The molecule has 0 amide bonds. The first-order valence-electron chi connectivity index (χ1n) is 5.69. The molecule has 0 heterocycles. The molecule has 4 nitrogen and oxygen atoms in total. The lowest BCUT2D eigenvalue weighted by Crippen LogP contribution is -2.28. The molecule has 0 saturated heterocycles. The molecule has 0 radical (unpaired) electrons. The number of nitrogens with one attached hydrogen (secondary N) is 1. The molecule has 1 atom stereocenters. The number of rotatable bonds is 7. The number of methoxy groups -OCH3 is 1. The van der Waals surface area contributed by atoms with Crippen molar-refractivity contribution in [2.75, 3.05) is 19.5 Å². The van der Waals surface area contributed by atoms with Crippen molar-refractivity contribution in [3.8, 4) is 5.75 Å². The van der Waals surface area contributed by atoms with E-state index >= 15 is 0 Å². The number of ether oxygens (including phenoxy) is 1. The van der Waals surface area contributed by atoms with Crippen molar-refractivity contribution in [2.45, 2.75) is 18.2 Å². The van der Waals surface area contributed by atoms with Gasteiger partial charge in [0, 0.05) is 12.4 Å². The number of alkyl halides is 1. The van der Waals surface area contributed by atoms with E-state index in [1.54, 1.807) is 12.1 Å². The summed E-state index contributed by atoms with van der Waals surface area (Å²) in [6.07, 6.45) is 0.784. The number of sulfonamides is 1. The Morgan fingerprint density at radius 2 is 1.94 bits per heavy atom. The molecule has 0 saturated carbocycles. The summed E-state index contributed by atoms with van der Waals surface area (Å²) in [5.74, 6) is 1.38. The fourth-order valence-electron chi connectivity index (χ4n) is 1.38. The fourth-order valence-corrected chi connectivity index (χ4v) is 2.92. The van der Waals surface area contributed by atoms with E-state index in [-0.39, 0.29) is 10.8 Å². The van der Waals surface area contributed by atoms with Gasteiger partial charge in [0.1, 0.15) is 5.75 Å². The molecule has 1 rings (SSSR count). The van der Waals surface area contributed by atoms with Gasteiger partial charge in [-0.1, -0.05) is 6.92 Å².